The number of carbonyl (C=O) groups is 2. The molecule has 0 bridgehead atoms. The van der Waals surface area contributed by atoms with Crippen LogP contribution in [0.1, 0.15) is 25.6 Å². The first-order valence-electron chi connectivity index (χ1n) is 6.83. The molecule has 6 heteroatoms. The van der Waals surface area contributed by atoms with Crippen LogP contribution >= 0.6 is 11.3 Å². The Kier molecular flexibility index (Phi) is 5.30. The van der Waals surface area contributed by atoms with E-state index in [1.54, 1.807) is 5.38 Å². The number of anilines is 1. The van der Waals surface area contributed by atoms with Gasteiger partial charge in [-0.15, -0.1) is 11.3 Å². The number of carbonyl (C=O) groups excluding carboxylic acids is 1. The van der Waals surface area contributed by atoms with Gasteiger partial charge >= 0.3 is 5.97 Å². The molecule has 0 atom stereocenters. The molecule has 1 heterocycles. The molecule has 1 aromatic carbocycles. The lowest BCUT2D eigenvalue weighted by molar-refractivity contribution is 0.0702. The lowest BCUT2D eigenvalue weighted by Gasteiger charge is -2.13. The topological polar surface area (TPSA) is 69.6 Å². The highest BCUT2D eigenvalue weighted by Crippen LogP contribution is 2.19. The Morgan fingerprint density at radius 2 is 2.00 bits per heavy atom. The summed E-state index contributed by atoms with van der Waals surface area (Å²) in [7, 11) is 4.00. The first kappa shape index (κ1) is 16.2. The van der Waals surface area contributed by atoms with Gasteiger partial charge in [0.1, 0.15) is 4.88 Å². The van der Waals surface area contributed by atoms with Crippen molar-refractivity contribution in [3.8, 4) is 0 Å². The van der Waals surface area contributed by atoms with Crippen LogP contribution in [0.4, 0.5) is 5.69 Å². The molecule has 0 unspecified atom stereocenters. The molecule has 22 heavy (non-hydrogen) atoms. The third kappa shape index (κ3) is 4.16. The van der Waals surface area contributed by atoms with Crippen LogP contribution in [0.25, 0.3) is 0 Å². The average molecular weight is 318 g/mol. The van der Waals surface area contributed by atoms with Crippen LogP contribution in [0, 0.1) is 0 Å². The highest BCUT2D eigenvalue weighted by molar-refractivity contribution is 7.12. The van der Waals surface area contributed by atoms with Crippen molar-refractivity contribution in [2.45, 2.75) is 6.42 Å². The first-order valence-corrected chi connectivity index (χ1v) is 7.71. The third-order valence-corrected chi connectivity index (χ3v) is 4.08. The van der Waals surface area contributed by atoms with Crippen molar-refractivity contribution in [3.63, 3.8) is 0 Å². The maximum absolute atomic E-state index is 12.2. The molecule has 0 saturated carbocycles. The van der Waals surface area contributed by atoms with Crippen LogP contribution in [-0.4, -0.2) is 42.5 Å². The molecular formula is C16H18N2O3S. The number of hydrogen-bond donors (Lipinski definition) is 2. The van der Waals surface area contributed by atoms with E-state index in [0.717, 1.165) is 35.6 Å². The summed E-state index contributed by atoms with van der Waals surface area (Å²) in [6.45, 7) is 0.883. The van der Waals surface area contributed by atoms with Gasteiger partial charge in [-0.3, -0.25) is 4.79 Å². The SMILES string of the molecule is CN(C)CCc1ccccc1NC(=O)c1csc(C(=O)O)c1. The summed E-state index contributed by atoms with van der Waals surface area (Å²) in [6, 6.07) is 9.03. The fourth-order valence-corrected chi connectivity index (χ4v) is 2.69. The van der Waals surface area contributed by atoms with Crippen LogP contribution in [0.15, 0.2) is 35.7 Å². The maximum Gasteiger partial charge on any atom is 0.345 e. The van der Waals surface area contributed by atoms with Gasteiger partial charge in [-0.2, -0.15) is 0 Å². The number of nitrogens with one attached hydrogen (secondary N) is 1. The molecule has 1 aromatic heterocycles. The van der Waals surface area contributed by atoms with Crippen molar-refractivity contribution in [1.82, 2.24) is 4.90 Å². The fraction of sp³-hybridized carbons (Fsp3) is 0.250. The number of likely N-dealkylation sites (N-methyl/N-ethyl adjacent to an activating group) is 1. The average Bonchev–Trinajstić information content (AvgIpc) is 2.96. The summed E-state index contributed by atoms with van der Waals surface area (Å²) >= 11 is 1.05. The van der Waals surface area contributed by atoms with E-state index >= 15 is 0 Å². The molecule has 2 rings (SSSR count). The van der Waals surface area contributed by atoms with Gasteiger partial charge in [0.25, 0.3) is 5.91 Å². The van der Waals surface area contributed by atoms with E-state index in [1.165, 1.54) is 6.07 Å². The standard InChI is InChI=1S/C16H18N2O3S/c1-18(2)8-7-11-5-3-4-6-13(11)17-15(19)12-9-14(16(20)21)22-10-12/h3-6,9-10H,7-8H2,1-2H3,(H,17,19)(H,20,21). The number of carboxylic acid groups (broad SMARTS) is 1. The zero-order valence-electron chi connectivity index (χ0n) is 12.5. The van der Waals surface area contributed by atoms with E-state index in [4.69, 9.17) is 5.11 Å². The molecule has 2 aromatic rings. The van der Waals surface area contributed by atoms with Gasteiger partial charge in [0.2, 0.25) is 0 Å². The molecule has 0 radical (unpaired) electrons. The molecule has 0 saturated heterocycles. The molecule has 1 amide bonds. The Labute approximate surface area is 133 Å². The summed E-state index contributed by atoms with van der Waals surface area (Å²) in [5.74, 6) is -1.31. The number of carboxylic acids is 1. The Hall–Kier alpha value is -2.18. The Bertz CT molecular complexity index is 680. The molecule has 0 aliphatic heterocycles. The van der Waals surface area contributed by atoms with Gasteiger partial charge in [-0.25, -0.2) is 4.79 Å². The van der Waals surface area contributed by atoms with E-state index in [9.17, 15) is 9.59 Å². The van der Waals surface area contributed by atoms with Crippen molar-refractivity contribution in [1.29, 1.82) is 0 Å². The summed E-state index contributed by atoms with van der Waals surface area (Å²) < 4.78 is 0. The summed E-state index contributed by atoms with van der Waals surface area (Å²) in [6.07, 6.45) is 0.827. The second-order valence-electron chi connectivity index (χ2n) is 5.17. The van der Waals surface area contributed by atoms with Crippen LogP contribution in [0.3, 0.4) is 0 Å². The number of thiophene rings is 1. The van der Waals surface area contributed by atoms with Gasteiger partial charge < -0.3 is 15.3 Å². The maximum atomic E-state index is 12.2. The lowest BCUT2D eigenvalue weighted by Crippen LogP contribution is -2.17. The number of amides is 1. The van der Waals surface area contributed by atoms with Crippen molar-refractivity contribution in [2.75, 3.05) is 26.0 Å². The molecule has 5 nitrogen and oxygen atoms in total. The van der Waals surface area contributed by atoms with E-state index in [-0.39, 0.29) is 10.8 Å². The predicted octanol–water partition coefficient (Wildman–Crippen LogP) is 2.80. The molecule has 0 fully saturated rings. The molecular weight excluding hydrogens is 300 g/mol. The number of rotatable bonds is 6. The van der Waals surface area contributed by atoms with E-state index < -0.39 is 5.97 Å². The number of aromatic carboxylic acids is 1. The number of benzene rings is 1. The second-order valence-corrected chi connectivity index (χ2v) is 6.08. The number of nitrogens with zero attached hydrogens (tertiary/aromatic N) is 1. The fourth-order valence-electron chi connectivity index (χ4n) is 1.97. The summed E-state index contributed by atoms with van der Waals surface area (Å²) in [4.78, 5) is 25.3. The quantitative estimate of drug-likeness (QED) is 0.859. The van der Waals surface area contributed by atoms with Crippen molar-refractivity contribution >= 4 is 28.9 Å². The molecule has 2 N–H and O–H groups in total. The second kappa shape index (κ2) is 7.20. The Balaban J connectivity index is 2.12. The highest BCUT2D eigenvalue weighted by atomic mass is 32.1. The minimum atomic E-state index is -1.02. The number of hydrogen-bond acceptors (Lipinski definition) is 4. The summed E-state index contributed by atoms with van der Waals surface area (Å²) in [5, 5.41) is 13.3. The predicted molar refractivity (Wildman–Crippen MR) is 87.9 cm³/mol. The largest absolute Gasteiger partial charge is 0.477 e. The van der Waals surface area contributed by atoms with Crippen LogP contribution < -0.4 is 5.32 Å². The van der Waals surface area contributed by atoms with Crippen molar-refractivity contribution < 1.29 is 14.7 Å². The minimum Gasteiger partial charge on any atom is -0.477 e. The molecule has 0 aliphatic rings. The van der Waals surface area contributed by atoms with E-state index in [0.29, 0.717) is 5.56 Å². The van der Waals surface area contributed by atoms with Gasteiger partial charge in [0, 0.05) is 17.6 Å². The van der Waals surface area contributed by atoms with Gasteiger partial charge in [-0.05, 0) is 38.2 Å². The normalized spacial score (nSPS) is 10.7. The van der Waals surface area contributed by atoms with Crippen LogP contribution in [-0.2, 0) is 6.42 Å². The Morgan fingerprint density at radius 3 is 2.64 bits per heavy atom. The smallest absolute Gasteiger partial charge is 0.345 e. The number of para-hydroxylation sites is 1. The third-order valence-electron chi connectivity index (χ3n) is 3.17. The van der Waals surface area contributed by atoms with Gasteiger partial charge in [0.05, 0.1) is 5.56 Å². The zero-order chi connectivity index (χ0) is 16.1. The van der Waals surface area contributed by atoms with Crippen molar-refractivity contribution in [2.24, 2.45) is 0 Å². The first-order chi connectivity index (χ1) is 10.5. The molecule has 0 aliphatic carbocycles. The van der Waals surface area contributed by atoms with E-state index in [1.807, 2.05) is 38.4 Å². The Morgan fingerprint density at radius 1 is 1.27 bits per heavy atom. The highest BCUT2D eigenvalue weighted by Gasteiger charge is 2.14. The molecule has 0 spiro atoms. The summed E-state index contributed by atoms with van der Waals surface area (Å²) in [5.41, 5.74) is 2.18. The monoisotopic (exact) mass is 318 g/mol. The van der Waals surface area contributed by atoms with E-state index in [2.05, 4.69) is 10.2 Å². The molecule has 116 valence electrons. The van der Waals surface area contributed by atoms with Crippen molar-refractivity contribution in [3.05, 3.63) is 51.7 Å². The zero-order valence-corrected chi connectivity index (χ0v) is 13.3. The van der Waals surface area contributed by atoms with Gasteiger partial charge in [0.15, 0.2) is 0 Å². The van der Waals surface area contributed by atoms with Gasteiger partial charge in [-0.1, -0.05) is 18.2 Å². The lowest BCUT2D eigenvalue weighted by atomic mass is 10.1. The van der Waals surface area contributed by atoms with Crippen LogP contribution in [0.5, 0.6) is 0 Å². The van der Waals surface area contributed by atoms with Crippen LogP contribution in [0.2, 0.25) is 0 Å². The minimum absolute atomic E-state index is 0.158.